The van der Waals surface area contributed by atoms with E-state index in [1.54, 1.807) is 0 Å². The SMILES string of the molecule is CCc1nnc(N(C)CCC(C)C)c(C(N)=NO)c1CC. The molecule has 0 aromatic carbocycles. The van der Waals surface area contributed by atoms with Crippen LogP contribution in [0.4, 0.5) is 5.82 Å². The monoisotopic (exact) mass is 293 g/mol. The van der Waals surface area contributed by atoms with Crippen molar-refractivity contribution in [1.29, 1.82) is 0 Å². The van der Waals surface area contributed by atoms with Crippen molar-refractivity contribution < 1.29 is 5.21 Å². The Labute approximate surface area is 127 Å². The van der Waals surface area contributed by atoms with Crippen molar-refractivity contribution in [3.63, 3.8) is 0 Å². The maximum Gasteiger partial charge on any atom is 0.174 e. The normalized spacial score (nSPS) is 12.0. The van der Waals surface area contributed by atoms with Gasteiger partial charge in [0.15, 0.2) is 11.7 Å². The first-order chi connectivity index (χ1) is 9.96. The standard InChI is InChI=1S/C15H27N5O/c1-6-11-12(7-2)17-18-15(13(11)14(16)19-21)20(5)9-8-10(3)4/h10,21H,6-9H2,1-5H3,(H2,16,19). The summed E-state index contributed by atoms with van der Waals surface area (Å²) in [5, 5.41) is 20.9. The molecule has 6 heteroatoms. The van der Waals surface area contributed by atoms with Crippen molar-refractivity contribution in [2.75, 3.05) is 18.5 Å². The van der Waals surface area contributed by atoms with Gasteiger partial charge in [-0.05, 0) is 30.7 Å². The van der Waals surface area contributed by atoms with E-state index in [0.29, 0.717) is 17.3 Å². The molecule has 1 rings (SSSR count). The summed E-state index contributed by atoms with van der Waals surface area (Å²) in [6.45, 7) is 9.29. The van der Waals surface area contributed by atoms with Crippen molar-refractivity contribution in [3.8, 4) is 0 Å². The molecule has 0 saturated heterocycles. The first-order valence-corrected chi connectivity index (χ1v) is 7.53. The molecule has 0 bridgehead atoms. The van der Waals surface area contributed by atoms with Crippen LogP contribution in [0.25, 0.3) is 0 Å². The van der Waals surface area contributed by atoms with Crippen LogP contribution in [0.3, 0.4) is 0 Å². The molecule has 0 aliphatic rings. The zero-order valence-electron chi connectivity index (χ0n) is 13.7. The molecule has 1 aromatic rings. The second-order valence-corrected chi connectivity index (χ2v) is 5.62. The van der Waals surface area contributed by atoms with Gasteiger partial charge in [-0.1, -0.05) is 32.9 Å². The molecule has 3 N–H and O–H groups in total. The van der Waals surface area contributed by atoms with Gasteiger partial charge in [0.05, 0.1) is 11.3 Å². The molecule has 0 atom stereocenters. The molecule has 6 nitrogen and oxygen atoms in total. The van der Waals surface area contributed by atoms with Gasteiger partial charge in [-0.3, -0.25) is 0 Å². The number of aromatic nitrogens is 2. The molecule has 1 heterocycles. The Morgan fingerprint density at radius 1 is 1.29 bits per heavy atom. The topological polar surface area (TPSA) is 87.6 Å². The maximum absolute atomic E-state index is 9.09. The van der Waals surface area contributed by atoms with E-state index in [-0.39, 0.29) is 5.84 Å². The van der Waals surface area contributed by atoms with Gasteiger partial charge in [-0.25, -0.2) is 0 Å². The summed E-state index contributed by atoms with van der Waals surface area (Å²) in [4.78, 5) is 2.03. The number of amidine groups is 1. The third kappa shape index (κ3) is 4.06. The van der Waals surface area contributed by atoms with Crippen molar-refractivity contribution in [3.05, 3.63) is 16.8 Å². The lowest BCUT2D eigenvalue weighted by atomic mass is 10.0. The highest BCUT2D eigenvalue weighted by molar-refractivity contribution is 6.02. The quantitative estimate of drug-likeness (QED) is 0.348. The minimum atomic E-state index is 0.0999. The Bertz CT molecular complexity index is 499. The van der Waals surface area contributed by atoms with E-state index in [0.717, 1.165) is 37.1 Å². The van der Waals surface area contributed by atoms with Gasteiger partial charge in [0.25, 0.3) is 0 Å². The average Bonchev–Trinajstić information content (AvgIpc) is 2.49. The highest BCUT2D eigenvalue weighted by atomic mass is 16.4. The third-order valence-corrected chi connectivity index (χ3v) is 3.59. The number of nitrogens with two attached hydrogens (primary N) is 1. The Hall–Kier alpha value is -1.85. The summed E-state index contributed by atoms with van der Waals surface area (Å²) in [7, 11) is 1.96. The van der Waals surface area contributed by atoms with Crippen LogP contribution in [0.2, 0.25) is 0 Å². The molecule has 0 fully saturated rings. The second-order valence-electron chi connectivity index (χ2n) is 5.62. The average molecular weight is 293 g/mol. The van der Waals surface area contributed by atoms with Crippen LogP contribution in [-0.4, -0.2) is 34.8 Å². The summed E-state index contributed by atoms with van der Waals surface area (Å²) in [5.74, 6) is 1.39. The number of rotatable bonds is 7. The molecular weight excluding hydrogens is 266 g/mol. The van der Waals surface area contributed by atoms with Crippen LogP contribution in [0.15, 0.2) is 5.16 Å². The predicted molar refractivity (Wildman–Crippen MR) is 86.0 cm³/mol. The van der Waals surface area contributed by atoms with E-state index in [9.17, 15) is 0 Å². The lowest BCUT2D eigenvalue weighted by Crippen LogP contribution is -2.28. The van der Waals surface area contributed by atoms with Gasteiger partial charge in [0, 0.05) is 13.6 Å². The summed E-state index contributed by atoms with van der Waals surface area (Å²) in [6.07, 6.45) is 2.60. The first kappa shape index (κ1) is 17.2. The molecule has 118 valence electrons. The van der Waals surface area contributed by atoms with E-state index in [1.165, 1.54) is 0 Å². The minimum absolute atomic E-state index is 0.0999. The van der Waals surface area contributed by atoms with E-state index < -0.39 is 0 Å². The van der Waals surface area contributed by atoms with Gasteiger partial charge in [0.1, 0.15) is 0 Å². The molecule has 1 aromatic heterocycles. The highest BCUT2D eigenvalue weighted by Crippen LogP contribution is 2.23. The number of aryl methyl sites for hydroxylation is 1. The van der Waals surface area contributed by atoms with Gasteiger partial charge < -0.3 is 15.8 Å². The van der Waals surface area contributed by atoms with Gasteiger partial charge >= 0.3 is 0 Å². The highest BCUT2D eigenvalue weighted by Gasteiger charge is 2.20. The summed E-state index contributed by atoms with van der Waals surface area (Å²) < 4.78 is 0. The van der Waals surface area contributed by atoms with E-state index in [2.05, 4.69) is 29.2 Å². The second kappa shape index (κ2) is 7.81. The zero-order chi connectivity index (χ0) is 16.0. The Kier molecular flexibility index (Phi) is 6.39. The number of hydrogen-bond donors (Lipinski definition) is 2. The molecule has 0 amide bonds. The molecule has 0 radical (unpaired) electrons. The van der Waals surface area contributed by atoms with E-state index in [4.69, 9.17) is 10.9 Å². The fourth-order valence-electron chi connectivity index (χ4n) is 2.31. The molecule has 0 aliphatic carbocycles. The van der Waals surface area contributed by atoms with Gasteiger partial charge in [-0.2, -0.15) is 5.10 Å². The molecule has 0 spiro atoms. The third-order valence-electron chi connectivity index (χ3n) is 3.59. The zero-order valence-corrected chi connectivity index (χ0v) is 13.7. The van der Waals surface area contributed by atoms with Crippen LogP contribution in [0.1, 0.15) is 50.9 Å². The number of nitrogens with zero attached hydrogens (tertiary/aromatic N) is 4. The van der Waals surface area contributed by atoms with Crippen molar-refractivity contribution >= 4 is 11.7 Å². The number of hydrogen-bond acceptors (Lipinski definition) is 5. The largest absolute Gasteiger partial charge is 0.409 e. The van der Waals surface area contributed by atoms with Crippen LogP contribution < -0.4 is 10.6 Å². The van der Waals surface area contributed by atoms with E-state index in [1.807, 2.05) is 25.8 Å². The molecule has 0 aliphatic heterocycles. The van der Waals surface area contributed by atoms with Crippen molar-refractivity contribution in [2.45, 2.75) is 47.0 Å². The van der Waals surface area contributed by atoms with Gasteiger partial charge in [0.2, 0.25) is 0 Å². The summed E-state index contributed by atoms with van der Waals surface area (Å²) in [6, 6.07) is 0. The Balaban J connectivity index is 3.31. The Morgan fingerprint density at radius 3 is 2.43 bits per heavy atom. The van der Waals surface area contributed by atoms with Gasteiger partial charge in [-0.15, -0.1) is 5.10 Å². The first-order valence-electron chi connectivity index (χ1n) is 7.53. The van der Waals surface area contributed by atoms with Crippen LogP contribution in [0.5, 0.6) is 0 Å². The smallest absolute Gasteiger partial charge is 0.174 e. The van der Waals surface area contributed by atoms with Crippen LogP contribution in [-0.2, 0) is 12.8 Å². The molecule has 0 unspecified atom stereocenters. The molecular formula is C15H27N5O. The lowest BCUT2D eigenvalue weighted by molar-refractivity contribution is 0.318. The fraction of sp³-hybridized carbons (Fsp3) is 0.667. The number of oxime groups is 1. The summed E-state index contributed by atoms with van der Waals surface area (Å²) in [5.41, 5.74) is 8.51. The Morgan fingerprint density at radius 2 is 1.95 bits per heavy atom. The van der Waals surface area contributed by atoms with Crippen LogP contribution >= 0.6 is 0 Å². The van der Waals surface area contributed by atoms with E-state index >= 15 is 0 Å². The van der Waals surface area contributed by atoms with Crippen LogP contribution in [0, 0.1) is 5.92 Å². The minimum Gasteiger partial charge on any atom is -0.409 e. The lowest BCUT2D eigenvalue weighted by Gasteiger charge is -2.23. The van der Waals surface area contributed by atoms with Crippen molar-refractivity contribution in [1.82, 2.24) is 10.2 Å². The predicted octanol–water partition coefficient (Wildman–Crippen LogP) is 2.18. The summed E-state index contributed by atoms with van der Waals surface area (Å²) >= 11 is 0. The number of anilines is 1. The molecule has 21 heavy (non-hydrogen) atoms. The fourth-order valence-corrected chi connectivity index (χ4v) is 2.31. The van der Waals surface area contributed by atoms with Crippen molar-refractivity contribution in [2.24, 2.45) is 16.8 Å². The maximum atomic E-state index is 9.09. The molecule has 0 saturated carbocycles.